The fourth-order valence-corrected chi connectivity index (χ4v) is 4.40. The van der Waals surface area contributed by atoms with Crippen LogP contribution in [-0.2, 0) is 30.9 Å². The zero-order valence-electron chi connectivity index (χ0n) is 21.7. The minimum absolute atomic E-state index is 0.0837. The Kier molecular flexibility index (Phi) is 6.55. The topological polar surface area (TPSA) is 116 Å². The van der Waals surface area contributed by atoms with Crippen LogP contribution in [0.25, 0.3) is 16.7 Å². The van der Waals surface area contributed by atoms with Gasteiger partial charge in [0.15, 0.2) is 0 Å². The Labute approximate surface area is 210 Å². The van der Waals surface area contributed by atoms with E-state index < -0.39 is 11.1 Å². The number of nitrogens with zero attached hydrogens (tertiary/aromatic N) is 3. The van der Waals surface area contributed by atoms with Crippen LogP contribution in [0.5, 0.6) is 5.75 Å². The number of aromatic hydroxyl groups is 1. The smallest absolute Gasteiger partial charge is 0.325 e. The van der Waals surface area contributed by atoms with Crippen molar-refractivity contribution in [3.8, 4) is 11.4 Å². The summed E-state index contributed by atoms with van der Waals surface area (Å²) in [5, 5.41) is 23.3. The van der Waals surface area contributed by atoms with Crippen LogP contribution in [0.2, 0.25) is 0 Å². The summed E-state index contributed by atoms with van der Waals surface area (Å²) in [6.45, 7) is 11.6. The first-order valence-corrected chi connectivity index (χ1v) is 12.1. The molecule has 2 N–H and O–H groups in total. The first kappa shape index (κ1) is 25.6. The third kappa shape index (κ3) is 5.36. The standard InChI is InChI=1S/C27H34N4O5/c1-25(2,3)18-13-17(14-21(23(18)33)31-28-19-9-7-8-10-20(19)29-31)11-12-22(32)35-15-27(6)16-36-24(34)26(4,5)30-27/h7-10,13-14,30,33H,11-12,15-16H2,1-6H3. The summed E-state index contributed by atoms with van der Waals surface area (Å²) in [6.07, 6.45) is 0.572. The molecule has 36 heavy (non-hydrogen) atoms. The number of hydrogen-bond donors (Lipinski definition) is 2. The molecule has 0 saturated carbocycles. The molecule has 0 spiro atoms. The maximum atomic E-state index is 12.6. The lowest BCUT2D eigenvalue weighted by Gasteiger charge is -2.42. The lowest BCUT2D eigenvalue weighted by atomic mass is 9.84. The molecule has 9 nitrogen and oxygen atoms in total. The molecule has 1 saturated heterocycles. The van der Waals surface area contributed by atoms with Crippen LogP contribution in [0.3, 0.4) is 0 Å². The number of carbonyl (C=O) groups is 2. The normalized spacial score (nSPS) is 19.8. The average molecular weight is 495 g/mol. The summed E-state index contributed by atoms with van der Waals surface area (Å²) >= 11 is 0. The molecule has 0 radical (unpaired) electrons. The van der Waals surface area contributed by atoms with E-state index in [2.05, 4.69) is 15.5 Å². The van der Waals surface area contributed by atoms with Gasteiger partial charge in [0, 0.05) is 12.0 Å². The number of esters is 2. The molecule has 0 bridgehead atoms. The number of benzene rings is 2. The van der Waals surface area contributed by atoms with Crippen LogP contribution < -0.4 is 5.32 Å². The van der Waals surface area contributed by atoms with Crippen molar-refractivity contribution in [2.75, 3.05) is 13.2 Å². The molecule has 9 heteroatoms. The molecule has 1 atom stereocenters. The minimum atomic E-state index is -0.851. The predicted molar refractivity (Wildman–Crippen MR) is 135 cm³/mol. The first-order chi connectivity index (χ1) is 16.8. The molecular formula is C27H34N4O5. The van der Waals surface area contributed by atoms with E-state index >= 15 is 0 Å². The lowest BCUT2D eigenvalue weighted by molar-refractivity contribution is -0.165. The van der Waals surface area contributed by atoms with Gasteiger partial charge < -0.3 is 14.6 Å². The van der Waals surface area contributed by atoms with Gasteiger partial charge in [0.2, 0.25) is 0 Å². The molecule has 1 aromatic heterocycles. The van der Waals surface area contributed by atoms with E-state index in [9.17, 15) is 14.7 Å². The number of cyclic esters (lactones) is 1. The SMILES string of the molecule is CC1(COC(=O)CCc2cc(-n3nc4ccccc4n3)c(O)c(C(C)(C)C)c2)COC(=O)C(C)(C)N1. The van der Waals surface area contributed by atoms with E-state index in [-0.39, 0.29) is 42.7 Å². The molecule has 1 fully saturated rings. The highest BCUT2D eigenvalue weighted by Crippen LogP contribution is 2.36. The highest BCUT2D eigenvalue weighted by Gasteiger charge is 2.44. The number of aromatic nitrogens is 3. The predicted octanol–water partition coefficient (Wildman–Crippen LogP) is 3.58. The number of hydrogen-bond acceptors (Lipinski definition) is 8. The fourth-order valence-electron chi connectivity index (χ4n) is 4.40. The summed E-state index contributed by atoms with van der Waals surface area (Å²) in [5.41, 5.74) is 1.67. The molecular weight excluding hydrogens is 460 g/mol. The van der Waals surface area contributed by atoms with E-state index in [0.29, 0.717) is 12.1 Å². The molecule has 3 aromatic rings. The average Bonchev–Trinajstić information content (AvgIpc) is 3.23. The number of morpholine rings is 1. The summed E-state index contributed by atoms with van der Waals surface area (Å²) in [4.78, 5) is 25.9. The Morgan fingerprint density at radius 1 is 1.17 bits per heavy atom. The minimum Gasteiger partial charge on any atom is -0.505 e. The number of carbonyl (C=O) groups excluding carboxylic acids is 2. The van der Waals surface area contributed by atoms with Gasteiger partial charge in [-0.15, -0.1) is 15.0 Å². The van der Waals surface area contributed by atoms with E-state index in [1.54, 1.807) is 13.8 Å². The van der Waals surface area contributed by atoms with E-state index in [0.717, 1.165) is 22.2 Å². The maximum Gasteiger partial charge on any atom is 0.325 e. The molecule has 1 aliphatic heterocycles. The number of phenols is 1. The van der Waals surface area contributed by atoms with Crippen LogP contribution in [0.4, 0.5) is 0 Å². The van der Waals surface area contributed by atoms with Crippen molar-refractivity contribution < 1.29 is 24.2 Å². The molecule has 0 amide bonds. The monoisotopic (exact) mass is 494 g/mol. The molecule has 4 rings (SSSR count). The maximum absolute atomic E-state index is 12.6. The van der Waals surface area contributed by atoms with E-state index in [1.807, 2.05) is 64.1 Å². The van der Waals surface area contributed by atoms with Crippen LogP contribution in [-0.4, -0.2) is 56.3 Å². The number of phenolic OH excluding ortho intramolecular Hbond substituents is 1. The highest BCUT2D eigenvalue weighted by atomic mass is 16.6. The van der Waals surface area contributed by atoms with E-state index in [1.165, 1.54) is 4.80 Å². The largest absolute Gasteiger partial charge is 0.505 e. The first-order valence-electron chi connectivity index (χ1n) is 12.1. The van der Waals surface area contributed by atoms with Crippen molar-refractivity contribution in [2.45, 2.75) is 70.9 Å². The zero-order chi connectivity index (χ0) is 26.3. The Hall–Kier alpha value is -3.46. The summed E-state index contributed by atoms with van der Waals surface area (Å²) in [5.74, 6) is -0.575. The Balaban J connectivity index is 1.50. The number of fused-ring (bicyclic) bond motifs is 1. The van der Waals surface area contributed by atoms with Gasteiger partial charge in [-0.1, -0.05) is 39.0 Å². The van der Waals surface area contributed by atoms with Crippen LogP contribution in [0.1, 0.15) is 59.1 Å². The Morgan fingerprint density at radius 2 is 1.81 bits per heavy atom. The summed E-state index contributed by atoms with van der Waals surface area (Å²) in [7, 11) is 0. The molecule has 1 aliphatic rings. The lowest BCUT2D eigenvalue weighted by Crippen LogP contribution is -2.66. The van der Waals surface area contributed by atoms with Crippen molar-refractivity contribution in [1.82, 2.24) is 20.3 Å². The number of ether oxygens (including phenoxy) is 2. The zero-order valence-corrected chi connectivity index (χ0v) is 21.7. The number of nitrogens with one attached hydrogen (secondary N) is 1. The van der Waals surface area contributed by atoms with Crippen molar-refractivity contribution in [1.29, 1.82) is 0 Å². The van der Waals surface area contributed by atoms with Gasteiger partial charge in [-0.3, -0.25) is 14.9 Å². The van der Waals surface area contributed by atoms with Crippen LogP contribution in [0.15, 0.2) is 36.4 Å². The highest BCUT2D eigenvalue weighted by molar-refractivity contribution is 5.81. The van der Waals surface area contributed by atoms with Crippen molar-refractivity contribution in [3.63, 3.8) is 0 Å². The molecule has 1 unspecified atom stereocenters. The quantitative estimate of drug-likeness (QED) is 0.500. The molecule has 2 heterocycles. The summed E-state index contributed by atoms with van der Waals surface area (Å²) < 4.78 is 10.8. The molecule has 2 aromatic carbocycles. The Bertz CT molecular complexity index is 1270. The third-order valence-electron chi connectivity index (χ3n) is 6.28. The fraction of sp³-hybridized carbons (Fsp3) is 0.481. The van der Waals surface area contributed by atoms with Gasteiger partial charge in [0.25, 0.3) is 0 Å². The second-order valence-electron chi connectivity index (χ2n) is 11.3. The van der Waals surface area contributed by atoms with Gasteiger partial charge >= 0.3 is 11.9 Å². The van der Waals surface area contributed by atoms with Crippen LogP contribution in [0, 0.1) is 0 Å². The van der Waals surface area contributed by atoms with Gasteiger partial charge in [0.1, 0.15) is 41.2 Å². The van der Waals surface area contributed by atoms with Gasteiger partial charge in [-0.2, -0.15) is 0 Å². The third-order valence-corrected chi connectivity index (χ3v) is 6.28. The van der Waals surface area contributed by atoms with Crippen molar-refractivity contribution >= 4 is 23.0 Å². The summed E-state index contributed by atoms with van der Waals surface area (Å²) in [6, 6.07) is 11.2. The van der Waals surface area contributed by atoms with Gasteiger partial charge in [-0.25, -0.2) is 0 Å². The van der Waals surface area contributed by atoms with Gasteiger partial charge in [0.05, 0.1) is 5.54 Å². The number of rotatable bonds is 6. The van der Waals surface area contributed by atoms with E-state index in [4.69, 9.17) is 9.47 Å². The van der Waals surface area contributed by atoms with Crippen LogP contribution >= 0.6 is 0 Å². The molecule has 192 valence electrons. The van der Waals surface area contributed by atoms with Gasteiger partial charge in [-0.05, 0) is 56.4 Å². The van der Waals surface area contributed by atoms with Crippen molar-refractivity contribution in [3.05, 3.63) is 47.5 Å². The van der Waals surface area contributed by atoms with Crippen molar-refractivity contribution in [2.24, 2.45) is 0 Å². The second kappa shape index (κ2) is 9.20. The number of aryl methyl sites for hydroxylation is 1. The molecule has 0 aliphatic carbocycles. The second-order valence-corrected chi connectivity index (χ2v) is 11.3. The Morgan fingerprint density at radius 3 is 2.39 bits per heavy atom.